The van der Waals surface area contributed by atoms with Crippen LogP contribution in [0.2, 0.25) is 0 Å². The Hall–Kier alpha value is -3.41. The predicted octanol–water partition coefficient (Wildman–Crippen LogP) is 23.1. The maximum Gasteiger partial charge on any atom is 0.306 e. The molecule has 6 heteroatoms. The highest BCUT2D eigenvalue weighted by Gasteiger charge is 2.19. The molecule has 0 rings (SSSR count). The van der Waals surface area contributed by atoms with Crippen molar-refractivity contribution in [1.82, 2.24) is 0 Å². The van der Waals surface area contributed by atoms with Crippen molar-refractivity contribution in [3.05, 3.63) is 85.1 Å². The number of carbonyl (C=O) groups excluding carboxylic acids is 3. The first-order valence-electron chi connectivity index (χ1n) is 33.6. The van der Waals surface area contributed by atoms with Crippen molar-refractivity contribution in [3.8, 4) is 0 Å². The van der Waals surface area contributed by atoms with Crippen molar-refractivity contribution in [2.24, 2.45) is 0 Å². The Morgan fingerprint density at radius 2 is 0.500 bits per heavy atom. The Morgan fingerprint density at radius 1 is 0.269 bits per heavy atom. The number of carbonyl (C=O) groups is 3. The molecule has 0 saturated heterocycles. The number of esters is 3. The lowest BCUT2D eigenvalue weighted by atomic mass is 10.0. The lowest BCUT2D eigenvalue weighted by Crippen LogP contribution is -2.30. The average Bonchev–Trinajstić information content (AvgIpc) is 3.44. The van der Waals surface area contributed by atoms with Crippen molar-refractivity contribution >= 4 is 17.9 Å². The summed E-state index contributed by atoms with van der Waals surface area (Å²) < 4.78 is 16.9. The van der Waals surface area contributed by atoms with Gasteiger partial charge in [0, 0.05) is 19.3 Å². The van der Waals surface area contributed by atoms with Crippen LogP contribution in [0.4, 0.5) is 0 Å². The van der Waals surface area contributed by atoms with Gasteiger partial charge in [0.25, 0.3) is 0 Å². The standard InChI is InChI=1S/C72H126O6/c1-4-7-10-13-16-19-22-25-28-30-31-32-33-34-35-36-37-38-39-40-41-43-44-47-50-53-56-59-62-65-71(74)77-68-69(67-76-70(73)64-61-58-55-52-49-46-27-24-21-18-15-12-9-6-3)78-72(75)66-63-60-57-54-51-48-45-42-29-26-23-20-17-14-11-8-5-2/h8,11,17,20,22,25-26,29-31,33-34,45,48,69H,4-7,9-10,12-16,18-19,21,23-24,27-28,32,35-44,46-47,49-68H2,1-3H3/b11-8-,20-17-,25-22-,29-26-,31-30-,34-33-,48-45-. The quantitative estimate of drug-likeness (QED) is 0.0261. The summed E-state index contributed by atoms with van der Waals surface area (Å²) in [6, 6.07) is 0. The molecule has 0 amide bonds. The molecule has 6 nitrogen and oxygen atoms in total. The molecule has 1 atom stereocenters. The molecule has 450 valence electrons. The second-order valence-corrected chi connectivity index (χ2v) is 22.4. The van der Waals surface area contributed by atoms with Crippen molar-refractivity contribution in [1.29, 1.82) is 0 Å². The molecule has 0 aromatic heterocycles. The number of hydrogen-bond donors (Lipinski definition) is 0. The fourth-order valence-electron chi connectivity index (χ4n) is 9.62. The molecule has 0 bridgehead atoms. The van der Waals surface area contributed by atoms with Gasteiger partial charge in [-0.05, 0) is 96.3 Å². The fourth-order valence-corrected chi connectivity index (χ4v) is 9.62. The molecule has 0 spiro atoms. The first kappa shape index (κ1) is 74.6. The van der Waals surface area contributed by atoms with Crippen LogP contribution in [0.25, 0.3) is 0 Å². The summed E-state index contributed by atoms with van der Waals surface area (Å²) >= 11 is 0. The van der Waals surface area contributed by atoms with Crippen LogP contribution in [-0.2, 0) is 28.6 Å². The van der Waals surface area contributed by atoms with E-state index in [1.165, 1.54) is 186 Å². The van der Waals surface area contributed by atoms with Crippen LogP contribution in [0, 0.1) is 0 Å². The summed E-state index contributed by atoms with van der Waals surface area (Å²) in [6.45, 7) is 6.53. The van der Waals surface area contributed by atoms with E-state index >= 15 is 0 Å². The number of allylic oxidation sites excluding steroid dienone is 14. The van der Waals surface area contributed by atoms with Crippen LogP contribution in [0.3, 0.4) is 0 Å². The summed E-state index contributed by atoms with van der Waals surface area (Å²) in [5.74, 6) is -0.892. The molecule has 0 aliphatic rings. The highest BCUT2D eigenvalue weighted by molar-refractivity contribution is 5.71. The molecule has 0 aromatic carbocycles. The van der Waals surface area contributed by atoms with Gasteiger partial charge in [-0.25, -0.2) is 0 Å². The van der Waals surface area contributed by atoms with Gasteiger partial charge in [0.1, 0.15) is 13.2 Å². The molecular weight excluding hydrogens is 961 g/mol. The Balaban J connectivity index is 4.27. The molecule has 0 saturated carbocycles. The molecule has 0 heterocycles. The van der Waals surface area contributed by atoms with Gasteiger partial charge in [-0.2, -0.15) is 0 Å². The van der Waals surface area contributed by atoms with E-state index in [-0.39, 0.29) is 31.1 Å². The van der Waals surface area contributed by atoms with Crippen LogP contribution in [-0.4, -0.2) is 37.2 Å². The lowest BCUT2D eigenvalue weighted by Gasteiger charge is -2.18. The third kappa shape index (κ3) is 63.4. The molecule has 1 unspecified atom stereocenters. The molecular formula is C72H126O6. The van der Waals surface area contributed by atoms with Crippen LogP contribution in [0.5, 0.6) is 0 Å². The largest absolute Gasteiger partial charge is 0.462 e. The van der Waals surface area contributed by atoms with Crippen LogP contribution >= 0.6 is 0 Å². The second-order valence-electron chi connectivity index (χ2n) is 22.4. The summed E-state index contributed by atoms with van der Waals surface area (Å²) in [6.07, 6.45) is 87.4. The van der Waals surface area contributed by atoms with Gasteiger partial charge < -0.3 is 14.2 Å². The molecule has 0 radical (unpaired) electrons. The Labute approximate surface area is 484 Å². The van der Waals surface area contributed by atoms with E-state index in [1.54, 1.807) is 0 Å². The smallest absolute Gasteiger partial charge is 0.306 e. The number of hydrogen-bond acceptors (Lipinski definition) is 6. The third-order valence-corrected chi connectivity index (χ3v) is 14.6. The van der Waals surface area contributed by atoms with Crippen molar-refractivity contribution in [3.63, 3.8) is 0 Å². The SMILES string of the molecule is CC/C=C\C/C=C\C/C=C\C/C=C\CCCCCCC(=O)OC(COC(=O)CCCCCCCCCCCCCCCC)COC(=O)CCCCCCCCCCCCCCCC/C=C\C/C=C\C/C=C\CCCCCCC. The maximum absolute atomic E-state index is 12.9. The van der Waals surface area contributed by atoms with Crippen molar-refractivity contribution < 1.29 is 28.6 Å². The minimum absolute atomic E-state index is 0.0832. The number of ether oxygens (including phenoxy) is 3. The Morgan fingerprint density at radius 3 is 0.782 bits per heavy atom. The maximum atomic E-state index is 12.9. The molecule has 78 heavy (non-hydrogen) atoms. The highest BCUT2D eigenvalue weighted by atomic mass is 16.6. The van der Waals surface area contributed by atoms with E-state index in [9.17, 15) is 14.4 Å². The minimum atomic E-state index is -0.789. The third-order valence-electron chi connectivity index (χ3n) is 14.6. The van der Waals surface area contributed by atoms with Gasteiger partial charge in [0.15, 0.2) is 6.10 Å². The van der Waals surface area contributed by atoms with Gasteiger partial charge in [-0.15, -0.1) is 0 Å². The van der Waals surface area contributed by atoms with E-state index in [0.29, 0.717) is 19.3 Å². The lowest BCUT2D eigenvalue weighted by molar-refractivity contribution is -0.167. The van der Waals surface area contributed by atoms with E-state index in [4.69, 9.17) is 14.2 Å². The second kappa shape index (κ2) is 66.1. The molecule has 0 N–H and O–H groups in total. The van der Waals surface area contributed by atoms with Gasteiger partial charge >= 0.3 is 17.9 Å². The van der Waals surface area contributed by atoms with Gasteiger partial charge in [-0.1, -0.05) is 305 Å². The van der Waals surface area contributed by atoms with Crippen molar-refractivity contribution in [2.75, 3.05) is 13.2 Å². The zero-order valence-electron chi connectivity index (χ0n) is 51.7. The Bertz CT molecular complexity index is 1480. The normalized spacial score (nSPS) is 12.6. The highest BCUT2D eigenvalue weighted by Crippen LogP contribution is 2.17. The van der Waals surface area contributed by atoms with E-state index < -0.39 is 6.10 Å². The van der Waals surface area contributed by atoms with Crippen molar-refractivity contribution in [2.45, 2.75) is 341 Å². The zero-order chi connectivity index (χ0) is 56.4. The van der Waals surface area contributed by atoms with E-state index in [2.05, 4.69) is 106 Å². The average molecular weight is 1090 g/mol. The van der Waals surface area contributed by atoms with Crippen LogP contribution in [0.15, 0.2) is 85.1 Å². The summed E-state index contributed by atoms with van der Waals surface area (Å²) in [4.78, 5) is 38.3. The van der Waals surface area contributed by atoms with Gasteiger partial charge in [0.05, 0.1) is 0 Å². The number of unbranched alkanes of at least 4 members (excludes halogenated alkanes) is 36. The van der Waals surface area contributed by atoms with Gasteiger partial charge in [0.2, 0.25) is 0 Å². The molecule has 0 aliphatic heterocycles. The first-order chi connectivity index (χ1) is 38.5. The molecule has 0 aromatic rings. The molecule has 0 aliphatic carbocycles. The monoisotopic (exact) mass is 1090 g/mol. The van der Waals surface area contributed by atoms with Crippen LogP contribution < -0.4 is 0 Å². The fraction of sp³-hybridized carbons (Fsp3) is 0.764. The summed E-state index contributed by atoms with van der Waals surface area (Å²) in [7, 11) is 0. The zero-order valence-corrected chi connectivity index (χ0v) is 51.7. The first-order valence-corrected chi connectivity index (χ1v) is 33.6. The predicted molar refractivity (Wildman–Crippen MR) is 339 cm³/mol. The minimum Gasteiger partial charge on any atom is -0.462 e. The molecule has 0 fully saturated rings. The summed E-state index contributed by atoms with van der Waals surface area (Å²) in [5, 5.41) is 0. The van der Waals surface area contributed by atoms with E-state index in [0.717, 1.165) is 109 Å². The van der Waals surface area contributed by atoms with Gasteiger partial charge in [-0.3, -0.25) is 14.4 Å². The topological polar surface area (TPSA) is 78.9 Å². The number of rotatable bonds is 61. The Kier molecular flexibility index (Phi) is 63.2. The van der Waals surface area contributed by atoms with E-state index in [1.807, 2.05) is 0 Å². The van der Waals surface area contributed by atoms with Crippen LogP contribution in [0.1, 0.15) is 335 Å². The summed E-state index contributed by atoms with van der Waals surface area (Å²) in [5.41, 5.74) is 0.